The first-order chi connectivity index (χ1) is 54.4. The van der Waals surface area contributed by atoms with Crippen molar-refractivity contribution >= 4 is 140 Å². The average Bonchev–Trinajstić information content (AvgIpc) is 0.700. The molecule has 602 valence electrons. The zero-order valence-electron chi connectivity index (χ0n) is 63.2. The van der Waals surface area contributed by atoms with Crippen molar-refractivity contribution in [3.63, 3.8) is 0 Å². The van der Waals surface area contributed by atoms with E-state index in [2.05, 4.69) is 57.5 Å². The molecule has 8 bridgehead atoms. The number of hydrogen-bond donors (Lipinski definition) is 8. The third kappa shape index (κ3) is 19.2. The Bertz CT molecular complexity index is 5010. The number of pyridine rings is 3. The van der Waals surface area contributed by atoms with Gasteiger partial charge in [0.2, 0.25) is 0 Å². The third-order valence-corrected chi connectivity index (χ3v) is 24.7. The SMILES string of the molecule is Cc1cc(C(=O)NC23CC(NC(=O)COc4ccc(Cl)c(Cl)c4)(C2)C3)ccc1Cl.Cc1cc(OCC(=O)NC23CC(NC(=O)c4ccc(Cl)cn4)(C2)C3)ccc1Cl.Cc1ccc(C(=O)NC23CC(NC(=O)COc4ccc(Cl)c(Cl)c4)(C2)C3)c(C)n1.Cc1ccc(C(=O)NC23CC(NC(=O)COc4ccc(Cl)c(F)c4)(C2)C3)c(C)n1. The molecule has 8 aromatic rings. The highest BCUT2D eigenvalue weighted by atomic mass is 35.5. The molecule has 0 spiro atoms. The molecule has 0 saturated heterocycles. The highest BCUT2D eigenvalue weighted by Crippen LogP contribution is 2.63. The van der Waals surface area contributed by atoms with Crippen LogP contribution in [0.1, 0.15) is 153 Å². The number of rotatable bonds is 24. The van der Waals surface area contributed by atoms with Crippen LogP contribution in [0.15, 0.2) is 134 Å². The number of hydrogen-bond acceptors (Lipinski definition) is 15. The number of carbonyl (C=O) groups excluding carboxylic acids is 8. The fourth-order valence-corrected chi connectivity index (χ4v) is 18.0. The van der Waals surface area contributed by atoms with Crippen LogP contribution in [0.2, 0.25) is 40.2 Å². The van der Waals surface area contributed by atoms with Crippen molar-refractivity contribution in [2.24, 2.45) is 0 Å². The van der Waals surface area contributed by atoms with Gasteiger partial charge in [-0.15, -0.1) is 0 Å². The molecule has 20 rings (SSSR count). The largest absolute Gasteiger partial charge is 0.484 e. The van der Waals surface area contributed by atoms with Gasteiger partial charge in [-0.3, -0.25) is 48.3 Å². The lowest BCUT2D eigenvalue weighted by molar-refractivity contribution is -0.142. The van der Waals surface area contributed by atoms with Crippen molar-refractivity contribution in [1.29, 1.82) is 0 Å². The summed E-state index contributed by atoms with van der Waals surface area (Å²) in [7, 11) is 0. The molecule has 8 N–H and O–H groups in total. The van der Waals surface area contributed by atoms with Gasteiger partial charge < -0.3 is 61.5 Å². The van der Waals surface area contributed by atoms with E-state index in [1.54, 1.807) is 97.1 Å². The van der Waals surface area contributed by atoms with Crippen LogP contribution in [0.3, 0.4) is 0 Å². The average molecular weight is 1730 g/mol. The molecule has 0 radical (unpaired) electrons. The number of aryl methyl sites for hydroxylation is 6. The number of halogens is 9. The Morgan fingerprint density at radius 1 is 0.339 bits per heavy atom. The van der Waals surface area contributed by atoms with Crippen molar-refractivity contribution in [3.05, 3.63) is 236 Å². The van der Waals surface area contributed by atoms with Gasteiger partial charge in [-0.2, -0.15) is 0 Å². The topological polar surface area (TPSA) is 308 Å². The first-order valence-corrected chi connectivity index (χ1v) is 39.8. The number of nitrogens with zero attached hydrogens (tertiary/aromatic N) is 3. The predicted molar refractivity (Wildman–Crippen MR) is 435 cm³/mol. The van der Waals surface area contributed by atoms with Crippen LogP contribution in [0, 0.1) is 47.4 Å². The van der Waals surface area contributed by atoms with E-state index in [1.807, 2.05) is 53.7 Å². The Kier molecular flexibility index (Phi) is 24.0. The molecule has 0 unspecified atom stereocenters. The normalized spacial score (nSPS) is 24.2. The summed E-state index contributed by atoms with van der Waals surface area (Å²) in [5.74, 6) is -0.235. The van der Waals surface area contributed by atoms with Crippen LogP contribution >= 0.6 is 92.8 Å². The van der Waals surface area contributed by atoms with Gasteiger partial charge in [0, 0.05) is 95.7 Å². The molecule has 12 saturated carbocycles. The summed E-state index contributed by atoms with van der Waals surface area (Å²) >= 11 is 47.0. The summed E-state index contributed by atoms with van der Waals surface area (Å²) in [5.41, 5.74) is 5.02. The summed E-state index contributed by atoms with van der Waals surface area (Å²) in [6.45, 7) is 10.7. The molecule has 12 fully saturated rings. The van der Waals surface area contributed by atoms with Crippen molar-refractivity contribution in [2.45, 2.75) is 163 Å². The Labute approximate surface area is 702 Å². The van der Waals surface area contributed by atoms with Crippen LogP contribution in [-0.4, -0.2) is 133 Å². The summed E-state index contributed by atoms with van der Waals surface area (Å²) < 4.78 is 35.2. The zero-order valence-corrected chi connectivity index (χ0v) is 69.2. The van der Waals surface area contributed by atoms with Gasteiger partial charge in [-0.05, 0) is 239 Å². The molecule has 0 atom stereocenters. The monoisotopic (exact) mass is 1720 g/mol. The molecule has 32 heteroatoms. The zero-order chi connectivity index (χ0) is 82.4. The number of ether oxygens (including phenoxy) is 4. The van der Waals surface area contributed by atoms with Crippen molar-refractivity contribution < 1.29 is 61.7 Å². The van der Waals surface area contributed by atoms with Gasteiger partial charge in [-0.25, -0.2) is 9.37 Å². The number of aromatic nitrogens is 3. The molecule has 8 amide bonds. The number of amides is 8. The molecule has 3 heterocycles. The standard InChI is InChI=1S/C21H19Cl3N2O3.C21H21Cl2N3O3.C21H21ClFN3O3.C20H19Cl2N3O3/c1-12-6-13(2-4-15(12)22)19(28)26-21-9-20(10-21,11-21)25-18(27)8-29-14-3-5-16(23)17(24)7-14;2*1-12-3-5-15(13(2)24-12)19(28)26-21-9-20(10-21,11-21)25-18(27)8-29-14-4-6-16(22)17(23)7-14;1-12-6-14(3-4-15(12)22)28-8-17(26)24-19-9-20(10-19,11-19)25-18(27)16-5-2-13(21)7-23-16/h2-7H,8-11H2,1H3,(H,25,27)(H,26,28);2*3-7H,8-11H2,1-2H3,(H,25,27)(H,26,28);2-7H,8-11H2,1H3,(H,24,26)(H,25,27). The van der Waals surface area contributed by atoms with E-state index < -0.39 is 5.82 Å². The number of nitrogens with one attached hydrogen (secondary N) is 8. The third-order valence-electron chi connectivity index (χ3n) is 21.9. The van der Waals surface area contributed by atoms with Crippen molar-refractivity contribution in [2.75, 3.05) is 26.4 Å². The summed E-state index contributed by atoms with van der Waals surface area (Å²) in [6, 6.07) is 34.7. The maximum Gasteiger partial charge on any atom is 0.270 e. The van der Waals surface area contributed by atoms with E-state index in [0.29, 0.717) is 119 Å². The van der Waals surface area contributed by atoms with Gasteiger partial charge in [-0.1, -0.05) is 92.8 Å². The molecule has 5 aromatic carbocycles. The Balaban J connectivity index is 0.000000134. The Morgan fingerprint density at radius 3 is 1.00 bits per heavy atom. The summed E-state index contributed by atoms with van der Waals surface area (Å²) in [4.78, 5) is 111. The van der Waals surface area contributed by atoms with Crippen LogP contribution in [0.4, 0.5) is 4.39 Å². The van der Waals surface area contributed by atoms with Crippen LogP contribution in [0.25, 0.3) is 0 Å². The van der Waals surface area contributed by atoms with Crippen LogP contribution in [-0.2, 0) is 19.2 Å². The van der Waals surface area contributed by atoms with E-state index in [0.717, 1.165) is 72.8 Å². The first-order valence-electron chi connectivity index (χ1n) is 36.8. The van der Waals surface area contributed by atoms with Crippen LogP contribution in [0.5, 0.6) is 23.0 Å². The highest BCUT2D eigenvalue weighted by Gasteiger charge is 2.72. The first kappa shape index (κ1) is 83.7. The van der Waals surface area contributed by atoms with E-state index in [1.165, 1.54) is 18.3 Å². The lowest BCUT2D eigenvalue weighted by atomic mass is 9.44. The maximum atomic E-state index is 13.4. The van der Waals surface area contributed by atoms with E-state index in [9.17, 15) is 42.7 Å². The lowest BCUT2D eigenvalue weighted by Gasteiger charge is -2.70. The molecule has 115 heavy (non-hydrogen) atoms. The minimum Gasteiger partial charge on any atom is -0.484 e. The van der Waals surface area contributed by atoms with Gasteiger partial charge in [0.1, 0.15) is 34.5 Å². The van der Waals surface area contributed by atoms with E-state index in [-0.39, 0.29) is 129 Å². The molecular formula is C83H80Cl8FN11O12. The fraction of sp³-hybridized carbons (Fsp3) is 0.361. The summed E-state index contributed by atoms with van der Waals surface area (Å²) in [6.07, 6.45) is 9.98. The molecule has 3 aromatic heterocycles. The van der Waals surface area contributed by atoms with Gasteiger partial charge in [0.05, 0.1) is 52.7 Å². The Morgan fingerprint density at radius 2 is 0.661 bits per heavy atom. The second kappa shape index (κ2) is 33.0. The van der Waals surface area contributed by atoms with Gasteiger partial charge in [0.25, 0.3) is 47.3 Å². The molecule has 23 nitrogen and oxygen atoms in total. The quantitative estimate of drug-likeness (QED) is 0.0279. The van der Waals surface area contributed by atoms with Crippen molar-refractivity contribution in [3.8, 4) is 23.0 Å². The van der Waals surface area contributed by atoms with E-state index in [4.69, 9.17) is 112 Å². The summed E-state index contributed by atoms with van der Waals surface area (Å²) in [5, 5.41) is 27.7. The predicted octanol–water partition coefficient (Wildman–Crippen LogP) is 14.5. The smallest absolute Gasteiger partial charge is 0.270 e. The minimum atomic E-state index is -0.597. The van der Waals surface area contributed by atoms with Crippen molar-refractivity contribution in [1.82, 2.24) is 57.5 Å². The molecule has 12 aliphatic carbocycles. The lowest BCUT2D eigenvalue weighted by Crippen LogP contribution is -2.84. The van der Waals surface area contributed by atoms with Gasteiger partial charge in [0.15, 0.2) is 26.4 Å². The number of carbonyl (C=O) groups is 8. The van der Waals surface area contributed by atoms with Crippen LogP contribution < -0.4 is 61.5 Å². The molecule has 0 aliphatic heterocycles. The van der Waals surface area contributed by atoms with E-state index >= 15 is 0 Å². The van der Waals surface area contributed by atoms with Gasteiger partial charge >= 0.3 is 0 Å². The Hall–Kier alpha value is -9.24. The minimum absolute atomic E-state index is 0.000347. The second-order valence-corrected chi connectivity index (χ2v) is 35.0. The number of benzene rings is 5. The molecule has 12 aliphatic rings. The maximum absolute atomic E-state index is 13.4. The highest BCUT2D eigenvalue weighted by molar-refractivity contribution is 6.42. The molecular weight excluding hydrogens is 1650 g/mol. The fourth-order valence-electron chi connectivity index (χ4n) is 16.9. The second-order valence-electron chi connectivity index (χ2n) is 31.7.